The predicted octanol–water partition coefficient (Wildman–Crippen LogP) is 16.1. The number of fused-ring (bicyclic) bond motifs is 6. The highest BCUT2D eigenvalue weighted by Gasteiger charge is 2.18. The molecule has 0 bridgehead atoms. The van der Waals surface area contributed by atoms with Crippen LogP contribution < -0.4 is 0 Å². The van der Waals surface area contributed by atoms with E-state index in [0.717, 1.165) is 61.4 Å². The number of para-hydroxylation sites is 3. The van der Waals surface area contributed by atoms with E-state index >= 15 is 0 Å². The van der Waals surface area contributed by atoms with Gasteiger partial charge in [0.2, 0.25) is 0 Å². The summed E-state index contributed by atoms with van der Waals surface area (Å²) in [7, 11) is 0. The quantitative estimate of drug-likeness (QED) is 0.153. The molecule has 5 heteroatoms. The molecule has 0 aliphatic heterocycles. The summed E-state index contributed by atoms with van der Waals surface area (Å²) in [5, 5.41) is 4.83. The van der Waals surface area contributed by atoms with Gasteiger partial charge >= 0.3 is 0 Å². The summed E-state index contributed by atoms with van der Waals surface area (Å²) in [5.74, 6) is 1.82. The average Bonchev–Trinajstić information content (AvgIpc) is 3.94. The molecular formula is C63H41N5. The summed E-state index contributed by atoms with van der Waals surface area (Å²) in [6.07, 6.45) is 0. The number of hydrogen-bond acceptors (Lipinski definition) is 3. The van der Waals surface area contributed by atoms with E-state index in [9.17, 15) is 0 Å². The number of aromatic nitrogens is 5. The Morgan fingerprint density at radius 3 is 1.16 bits per heavy atom. The van der Waals surface area contributed by atoms with Crippen LogP contribution in [0.4, 0.5) is 0 Å². The van der Waals surface area contributed by atoms with Gasteiger partial charge in [-0.15, -0.1) is 0 Å². The summed E-state index contributed by atoms with van der Waals surface area (Å²) < 4.78 is 4.70. The van der Waals surface area contributed by atoms with Crippen LogP contribution in [0.3, 0.4) is 0 Å². The zero-order valence-electron chi connectivity index (χ0n) is 36.9. The van der Waals surface area contributed by atoms with Crippen molar-refractivity contribution in [2.24, 2.45) is 0 Å². The van der Waals surface area contributed by atoms with Gasteiger partial charge < -0.3 is 9.13 Å². The first-order valence-electron chi connectivity index (χ1n) is 23.0. The van der Waals surface area contributed by atoms with Crippen LogP contribution >= 0.6 is 0 Å². The fourth-order valence-corrected chi connectivity index (χ4v) is 9.90. The van der Waals surface area contributed by atoms with E-state index in [1.54, 1.807) is 0 Å². The lowest BCUT2D eigenvalue weighted by molar-refractivity contribution is 1.07. The lowest BCUT2D eigenvalue weighted by Gasteiger charge is -2.12. The van der Waals surface area contributed by atoms with Crippen molar-refractivity contribution in [1.82, 2.24) is 24.1 Å². The third-order valence-corrected chi connectivity index (χ3v) is 13.2. The van der Waals surface area contributed by atoms with E-state index < -0.39 is 0 Å². The van der Waals surface area contributed by atoms with E-state index in [-0.39, 0.29) is 0 Å². The molecule has 3 aromatic heterocycles. The molecule has 0 aliphatic carbocycles. The van der Waals surface area contributed by atoms with E-state index in [1.165, 1.54) is 43.7 Å². The minimum absolute atomic E-state index is 0.603. The van der Waals surface area contributed by atoms with Gasteiger partial charge in [0.05, 0.1) is 22.1 Å². The lowest BCUT2D eigenvalue weighted by Crippen LogP contribution is -2.01. The monoisotopic (exact) mass is 867 g/mol. The first-order valence-corrected chi connectivity index (χ1v) is 23.0. The van der Waals surface area contributed by atoms with Crippen LogP contribution in [-0.4, -0.2) is 24.1 Å². The van der Waals surface area contributed by atoms with Crippen molar-refractivity contribution in [3.8, 4) is 78.9 Å². The van der Waals surface area contributed by atoms with Crippen LogP contribution in [0.15, 0.2) is 249 Å². The molecule has 0 aliphatic rings. The van der Waals surface area contributed by atoms with Crippen molar-refractivity contribution in [1.29, 1.82) is 0 Å². The number of nitrogens with zero attached hydrogens (tertiary/aromatic N) is 5. The smallest absolute Gasteiger partial charge is 0.164 e. The van der Waals surface area contributed by atoms with Crippen LogP contribution in [0.2, 0.25) is 0 Å². The molecule has 0 saturated heterocycles. The lowest BCUT2D eigenvalue weighted by atomic mass is 10.0. The molecule has 13 rings (SSSR count). The average molecular weight is 868 g/mol. The Kier molecular flexibility index (Phi) is 9.43. The van der Waals surface area contributed by atoms with Crippen molar-refractivity contribution < 1.29 is 0 Å². The minimum atomic E-state index is 0.603. The van der Waals surface area contributed by atoms with Gasteiger partial charge in [-0.05, 0) is 100 Å². The second kappa shape index (κ2) is 16.4. The molecule has 0 spiro atoms. The van der Waals surface area contributed by atoms with Crippen LogP contribution in [0.1, 0.15) is 0 Å². The molecule has 10 aromatic carbocycles. The molecule has 3 heterocycles. The Morgan fingerprint density at radius 2 is 0.559 bits per heavy atom. The Hall–Kier alpha value is -9.19. The van der Waals surface area contributed by atoms with Crippen LogP contribution in [0.5, 0.6) is 0 Å². The summed E-state index contributed by atoms with van der Waals surface area (Å²) in [4.78, 5) is 15.7. The Balaban J connectivity index is 0.940. The van der Waals surface area contributed by atoms with Crippen molar-refractivity contribution in [3.05, 3.63) is 249 Å². The normalized spacial score (nSPS) is 11.5. The van der Waals surface area contributed by atoms with Gasteiger partial charge in [-0.2, -0.15) is 0 Å². The minimum Gasteiger partial charge on any atom is -0.309 e. The van der Waals surface area contributed by atoms with Gasteiger partial charge in [-0.1, -0.05) is 182 Å². The van der Waals surface area contributed by atoms with Crippen LogP contribution in [0, 0.1) is 0 Å². The van der Waals surface area contributed by atoms with E-state index in [1.807, 2.05) is 6.07 Å². The molecule has 0 radical (unpaired) electrons. The molecule has 0 N–H and O–H groups in total. The SMILES string of the molecule is c1ccc(-c2ccc(-c3nc(-c4cccc(-c5ccc6c(c5)c5ccccc5n6-c5ccccc5)c4)nc(-c4cccc(-n5c6ccccc6c6cc(-c7ccccc7)ccc65)c4)n3)cc2)cc1. The van der Waals surface area contributed by atoms with E-state index in [4.69, 9.17) is 15.0 Å². The highest BCUT2D eigenvalue weighted by Crippen LogP contribution is 2.38. The Bertz CT molecular complexity index is 4000. The van der Waals surface area contributed by atoms with Gasteiger partial charge in [0, 0.05) is 49.6 Å². The summed E-state index contributed by atoms with van der Waals surface area (Å²) in [6, 6.07) is 88.2. The first kappa shape index (κ1) is 39.2. The first-order chi connectivity index (χ1) is 33.7. The highest BCUT2D eigenvalue weighted by molar-refractivity contribution is 6.11. The third kappa shape index (κ3) is 6.84. The number of benzene rings is 10. The van der Waals surface area contributed by atoms with Gasteiger partial charge in [-0.25, -0.2) is 15.0 Å². The van der Waals surface area contributed by atoms with Crippen molar-refractivity contribution in [3.63, 3.8) is 0 Å². The van der Waals surface area contributed by atoms with E-state index in [2.05, 4.69) is 252 Å². The highest BCUT2D eigenvalue weighted by atomic mass is 15.0. The molecule has 0 fully saturated rings. The second-order valence-electron chi connectivity index (χ2n) is 17.3. The van der Waals surface area contributed by atoms with Crippen molar-refractivity contribution >= 4 is 43.6 Å². The largest absolute Gasteiger partial charge is 0.309 e. The topological polar surface area (TPSA) is 48.5 Å². The van der Waals surface area contributed by atoms with Crippen molar-refractivity contribution in [2.45, 2.75) is 0 Å². The van der Waals surface area contributed by atoms with Crippen molar-refractivity contribution in [2.75, 3.05) is 0 Å². The number of hydrogen-bond donors (Lipinski definition) is 0. The molecule has 0 saturated carbocycles. The predicted molar refractivity (Wildman–Crippen MR) is 281 cm³/mol. The summed E-state index contributed by atoms with van der Waals surface area (Å²) in [6.45, 7) is 0. The molecular weight excluding hydrogens is 827 g/mol. The Morgan fingerprint density at radius 1 is 0.206 bits per heavy atom. The molecule has 0 amide bonds. The second-order valence-corrected chi connectivity index (χ2v) is 17.3. The van der Waals surface area contributed by atoms with Gasteiger partial charge in [0.25, 0.3) is 0 Å². The molecule has 0 atom stereocenters. The zero-order valence-corrected chi connectivity index (χ0v) is 36.9. The zero-order chi connectivity index (χ0) is 45.0. The summed E-state index contributed by atoms with van der Waals surface area (Å²) >= 11 is 0. The molecule has 13 aromatic rings. The fraction of sp³-hybridized carbons (Fsp3) is 0. The van der Waals surface area contributed by atoms with Gasteiger partial charge in [0.15, 0.2) is 17.5 Å². The third-order valence-electron chi connectivity index (χ3n) is 13.2. The van der Waals surface area contributed by atoms with Gasteiger partial charge in [-0.3, -0.25) is 0 Å². The molecule has 318 valence electrons. The maximum Gasteiger partial charge on any atom is 0.164 e. The molecule has 0 unspecified atom stereocenters. The van der Waals surface area contributed by atoms with E-state index in [0.29, 0.717) is 17.5 Å². The maximum absolute atomic E-state index is 5.28. The van der Waals surface area contributed by atoms with Gasteiger partial charge in [0.1, 0.15) is 0 Å². The van der Waals surface area contributed by atoms with Crippen LogP contribution in [0.25, 0.3) is 123 Å². The molecule has 5 nitrogen and oxygen atoms in total. The standard InChI is InChI=1S/C63H41N5/c1-4-16-42(17-5-1)44-30-32-45(33-31-44)61-64-62(49-21-14-20-46(38-49)48-35-37-59-56(41-48)53-26-10-12-28-57(53)67(59)51-23-8-3-9-24-51)66-63(65-61)50-22-15-25-52(39-50)68-58-29-13-11-27-54(58)55-40-47(34-36-60(55)68)43-18-6-2-7-19-43/h1-41H. The Labute approximate surface area is 393 Å². The maximum atomic E-state index is 5.28. The molecule has 68 heavy (non-hydrogen) atoms. The fourth-order valence-electron chi connectivity index (χ4n) is 9.90. The number of rotatable bonds is 8. The summed E-state index contributed by atoms with van der Waals surface area (Å²) in [5.41, 5.74) is 16.4. The van der Waals surface area contributed by atoms with Crippen LogP contribution in [-0.2, 0) is 0 Å².